The molecule has 0 amide bonds. The van der Waals surface area contributed by atoms with E-state index in [9.17, 15) is 0 Å². The second-order valence-corrected chi connectivity index (χ2v) is 0.100. The van der Waals surface area contributed by atoms with Crippen LogP contribution in [0.25, 0.3) is 0 Å². The minimum absolute atomic E-state index is 0. The predicted molar refractivity (Wildman–Crippen MR) is 13.3 cm³/mol. The topological polar surface area (TPSA) is 44.0 Å². The Morgan fingerprint density at radius 2 is 1.75 bits per heavy atom. The van der Waals surface area contributed by atoms with E-state index in [0.717, 1.165) is 6.26 Å². The minimum Gasteiger partial charge on any atom is -0.443 e. The first-order valence-electron chi connectivity index (χ1n) is 0.447. The number of rotatable bonds is 0. The van der Waals surface area contributed by atoms with E-state index in [-0.39, 0.29) is 23.9 Å². The minimum atomic E-state index is 0. The summed E-state index contributed by atoms with van der Waals surface area (Å²) in [5.41, 5.74) is 0. The van der Waals surface area contributed by atoms with Gasteiger partial charge in [-0.25, -0.2) is 0 Å². The molecule has 0 aliphatic carbocycles. The quantitative estimate of drug-likeness (QED) is 0.383. The van der Waals surface area contributed by atoms with Gasteiger partial charge in [-0.1, -0.05) is 0 Å². The predicted octanol–water partition coefficient (Wildman–Crippen LogP) is -0.541. The molecule has 0 saturated carbocycles. The Morgan fingerprint density at radius 3 is 1.75 bits per heavy atom. The Hall–Kier alpha value is 0.0887. The SMILES string of the molecule is N#CO.[Sn]. The molecular weight excluding hydrogens is 161 g/mol. The monoisotopic (exact) mass is 163 g/mol. The molecule has 2 nitrogen and oxygen atoms in total. The van der Waals surface area contributed by atoms with Gasteiger partial charge < -0.3 is 5.11 Å². The van der Waals surface area contributed by atoms with Gasteiger partial charge in [0.2, 0.25) is 0 Å². The number of nitrogens with zero attached hydrogens (tertiary/aromatic N) is 1. The standard InChI is InChI=1S/CHNO.Sn/c2-1-3;/h3H;. The molecule has 0 aliphatic rings. The van der Waals surface area contributed by atoms with Crippen LogP contribution in [0.4, 0.5) is 0 Å². The fourth-order valence-electron chi connectivity index (χ4n) is 0. The van der Waals surface area contributed by atoms with Crippen LogP contribution in [0.2, 0.25) is 0 Å². The van der Waals surface area contributed by atoms with Crippen LogP contribution >= 0.6 is 0 Å². The van der Waals surface area contributed by atoms with Gasteiger partial charge in [-0.05, 0) is 0 Å². The van der Waals surface area contributed by atoms with E-state index in [4.69, 9.17) is 10.4 Å². The van der Waals surface area contributed by atoms with Gasteiger partial charge >= 0.3 is 0 Å². The first-order chi connectivity index (χ1) is 1.41. The van der Waals surface area contributed by atoms with Gasteiger partial charge in [0, 0.05) is 23.9 Å². The summed E-state index contributed by atoms with van der Waals surface area (Å²) in [4.78, 5) is 0. The molecule has 0 fully saturated rings. The summed E-state index contributed by atoms with van der Waals surface area (Å²) < 4.78 is 0. The van der Waals surface area contributed by atoms with Crippen LogP contribution in [0.3, 0.4) is 0 Å². The molecule has 0 aliphatic heterocycles. The summed E-state index contributed by atoms with van der Waals surface area (Å²) in [5.74, 6) is 0. The number of nitriles is 1. The van der Waals surface area contributed by atoms with Crippen LogP contribution in [0.5, 0.6) is 0 Å². The van der Waals surface area contributed by atoms with Crippen molar-refractivity contribution in [2.75, 3.05) is 0 Å². The van der Waals surface area contributed by atoms with Gasteiger partial charge in [-0.15, -0.1) is 0 Å². The van der Waals surface area contributed by atoms with E-state index in [1.54, 1.807) is 0 Å². The summed E-state index contributed by atoms with van der Waals surface area (Å²) in [6.07, 6.45) is 0.750. The second-order valence-electron chi connectivity index (χ2n) is 0.100. The van der Waals surface area contributed by atoms with E-state index in [2.05, 4.69) is 0 Å². The molecule has 0 saturated heterocycles. The maximum absolute atomic E-state index is 6.88. The van der Waals surface area contributed by atoms with Crippen molar-refractivity contribution < 1.29 is 5.11 Å². The van der Waals surface area contributed by atoms with Gasteiger partial charge in [0.15, 0.2) is 0 Å². The van der Waals surface area contributed by atoms with Crippen LogP contribution < -0.4 is 0 Å². The Balaban J connectivity index is 0. The summed E-state index contributed by atoms with van der Waals surface area (Å²) in [5, 5.41) is 13.8. The Labute approximate surface area is 41.0 Å². The van der Waals surface area contributed by atoms with Crippen LogP contribution in [-0.2, 0) is 0 Å². The van der Waals surface area contributed by atoms with Gasteiger partial charge in [-0.2, -0.15) is 5.26 Å². The molecule has 0 aromatic carbocycles. The third-order valence-corrected chi connectivity index (χ3v) is 0. The molecule has 0 atom stereocenters. The molecular formula is CHNOSn. The molecule has 1 N–H and O–H groups in total. The van der Waals surface area contributed by atoms with E-state index in [1.165, 1.54) is 0 Å². The van der Waals surface area contributed by atoms with Gasteiger partial charge in [0.25, 0.3) is 6.26 Å². The second kappa shape index (κ2) is 11.4. The first kappa shape index (κ1) is 8.94. The molecule has 3 heteroatoms. The van der Waals surface area contributed by atoms with Crippen molar-refractivity contribution in [1.29, 1.82) is 5.26 Å². The third-order valence-electron chi connectivity index (χ3n) is 0. The molecule has 0 rings (SSSR count). The fraction of sp³-hybridized carbons (Fsp3) is 0. The van der Waals surface area contributed by atoms with Crippen molar-refractivity contribution in [2.45, 2.75) is 0 Å². The van der Waals surface area contributed by atoms with Crippen molar-refractivity contribution in [3.8, 4) is 6.26 Å². The maximum Gasteiger partial charge on any atom is 0.283 e. The van der Waals surface area contributed by atoms with Crippen LogP contribution in [0.1, 0.15) is 0 Å². The molecule has 4 heavy (non-hydrogen) atoms. The molecule has 20 valence electrons. The zero-order valence-electron chi connectivity index (χ0n) is 1.89. The molecule has 0 spiro atoms. The average molecular weight is 162 g/mol. The zero-order valence-corrected chi connectivity index (χ0v) is 4.75. The normalized spacial score (nSPS) is 1.75. The zero-order chi connectivity index (χ0) is 2.71. The van der Waals surface area contributed by atoms with Crippen molar-refractivity contribution >= 4 is 23.9 Å². The summed E-state index contributed by atoms with van der Waals surface area (Å²) in [6.45, 7) is 0. The van der Waals surface area contributed by atoms with Gasteiger partial charge in [0.1, 0.15) is 0 Å². The Bertz CT molecular complexity index is 29.5. The third kappa shape index (κ3) is 315. The first-order valence-corrected chi connectivity index (χ1v) is 0.447. The molecule has 0 aromatic heterocycles. The van der Waals surface area contributed by atoms with E-state index < -0.39 is 0 Å². The smallest absolute Gasteiger partial charge is 0.283 e. The van der Waals surface area contributed by atoms with Gasteiger partial charge in [0.05, 0.1) is 0 Å². The van der Waals surface area contributed by atoms with Crippen LogP contribution in [-0.4, -0.2) is 29.0 Å². The molecule has 0 unspecified atom stereocenters. The van der Waals surface area contributed by atoms with E-state index in [1.807, 2.05) is 0 Å². The van der Waals surface area contributed by atoms with Crippen molar-refractivity contribution in [3.63, 3.8) is 0 Å². The number of hydrogen-bond donors (Lipinski definition) is 1. The van der Waals surface area contributed by atoms with Crippen molar-refractivity contribution in [2.24, 2.45) is 0 Å². The largest absolute Gasteiger partial charge is 0.443 e. The number of aliphatic hydroxyl groups excluding tert-OH is 1. The average Bonchev–Trinajstić information content (AvgIpc) is 0.918. The maximum atomic E-state index is 6.88. The summed E-state index contributed by atoms with van der Waals surface area (Å²) in [7, 11) is 0. The molecule has 0 aromatic rings. The number of hydrogen-bond acceptors (Lipinski definition) is 2. The molecule has 0 bridgehead atoms. The van der Waals surface area contributed by atoms with Crippen LogP contribution in [0, 0.1) is 11.5 Å². The molecule has 4 radical (unpaired) electrons. The Morgan fingerprint density at radius 1 is 1.75 bits per heavy atom. The van der Waals surface area contributed by atoms with Gasteiger partial charge in [-0.3, -0.25) is 0 Å². The number of aliphatic hydroxyl groups is 1. The Kier molecular flexibility index (Phi) is 25.4. The summed E-state index contributed by atoms with van der Waals surface area (Å²) >= 11 is 0. The van der Waals surface area contributed by atoms with E-state index >= 15 is 0 Å². The summed E-state index contributed by atoms with van der Waals surface area (Å²) in [6, 6.07) is 0. The fourth-order valence-corrected chi connectivity index (χ4v) is 0. The van der Waals surface area contributed by atoms with Crippen molar-refractivity contribution in [3.05, 3.63) is 0 Å². The van der Waals surface area contributed by atoms with E-state index in [0.29, 0.717) is 0 Å². The van der Waals surface area contributed by atoms with Crippen LogP contribution in [0.15, 0.2) is 0 Å². The molecule has 0 heterocycles. The van der Waals surface area contributed by atoms with Crippen molar-refractivity contribution in [1.82, 2.24) is 0 Å².